The summed E-state index contributed by atoms with van der Waals surface area (Å²) in [6, 6.07) is 3.33. The van der Waals surface area contributed by atoms with E-state index < -0.39 is 10.0 Å². The van der Waals surface area contributed by atoms with Crippen molar-refractivity contribution in [3.05, 3.63) is 28.8 Å². The highest BCUT2D eigenvalue weighted by Crippen LogP contribution is 2.30. The predicted octanol–water partition coefficient (Wildman–Crippen LogP) is 3.88. The van der Waals surface area contributed by atoms with Gasteiger partial charge in [-0.3, -0.25) is 9.59 Å². The highest BCUT2D eigenvalue weighted by Gasteiger charge is 2.35. The van der Waals surface area contributed by atoms with Crippen molar-refractivity contribution in [1.82, 2.24) is 14.5 Å². The lowest BCUT2D eigenvalue weighted by Crippen LogP contribution is -2.49. The van der Waals surface area contributed by atoms with Gasteiger partial charge >= 0.3 is 0 Å². The van der Waals surface area contributed by atoms with Crippen molar-refractivity contribution in [3.63, 3.8) is 0 Å². The van der Waals surface area contributed by atoms with Crippen LogP contribution in [-0.4, -0.2) is 61.7 Å². The molecule has 2 unspecified atom stereocenters. The molecule has 8 heteroatoms. The summed E-state index contributed by atoms with van der Waals surface area (Å²) in [5, 5.41) is 2.99. The molecule has 2 atom stereocenters. The van der Waals surface area contributed by atoms with Crippen molar-refractivity contribution in [2.45, 2.75) is 84.1 Å². The lowest BCUT2D eigenvalue weighted by molar-refractivity contribution is -0.126. The molecule has 1 aromatic rings. The molecule has 2 fully saturated rings. The zero-order valence-electron chi connectivity index (χ0n) is 21.4. The van der Waals surface area contributed by atoms with E-state index in [2.05, 4.69) is 19.2 Å². The summed E-state index contributed by atoms with van der Waals surface area (Å²) in [6.07, 6.45) is 5.16. The van der Waals surface area contributed by atoms with E-state index in [1.54, 1.807) is 21.3 Å². The van der Waals surface area contributed by atoms with Crippen molar-refractivity contribution < 1.29 is 18.0 Å². The van der Waals surface area contributed by atoms with Crippen LogP contribution in [0.3, 0.4) is 0 Å². The van der Waals surface area contributed by atoms with Gasteiger partial charge in [0, 0.05) is 37.8 Å². The lowest BCUT2D eigenvalue weighted by atomic mass is 9.91. The number of unbranched alkanes of at least 4 members (excludes halogenated alkanes) is 1. The standard InChI is InChI=1S/C26H41N3O4S/c1-6-7-12-27-25(30)22-9-8-20(4)29(17-22)26(31)23-15-19(3)21(5)24(16-23)34(32,33)28-13-10-18(2)11-14-28/h15-16,18,20,22H,6-14,17H2,1-5H3,(H,27,30). The van der Waals surface area contributed by atoms with Crippen LogP contribution in [0.15, 0.2) is 17.0 Å². The number of carbonyl (C=O) groups excluding carboxylic acids is 2. The third-order valence-electron chi connectivity index (χ3n) is 7.57. The van der Waals surface area contributed by atoms with E-state index in [4.69, 9.17) is 0 Å². The second-order valence-corrected chi connectivity index (χ2v) is 12.1. The van der Waals surface area contributed by atoms with E-state index in [0.717, 1.165) is 44.1 Å². The number of hydrogen-bond donors (Lipinski definition) is 1. The van der Waals surface area contributed by atoms with E-state index >= 15 is 0 Å². The van der Waals surface area contributed by atoms with Crippen LogP contribution >= 0.6 is 0 Å². The van der Waals surface area contributed by atoms with Crippen LogP contribution in [0.2, 0.25) is 0 Å². The Morgan fingerprint density at radius 2 is 1.74 bits per heavy atom. The Balaban J connectivity index is 1.84. The smallest absolute Gasteiger partial charge is 0.254 e. The van der Waals surface area contributed by atoms with Crippen LogP contribution in [0.1, 0.15) is 80.8 Å². The minimum absolute atomic E-state index is 0.000769. The van der Waals surface area contributed by atoms with Crippen LogP contribution in [0, 0.1) is 25.7 Å². The number of amides is 2. The topological polar surface area (TPSA) is 86.8 Å². The second kappa shape index (κ2) is 11.2. The van der Waals surface area contributed by atoms with Crippen LogP contribution < -0.4 is 5.32 Å². The normalized spacial score (nSPS) is 22.6. The summed E-state index contributed by atoms with van der Waals surface area (Å²) in [5.74, 6) is 0.0863. The third kappa shape index (κ3) is 5.82. The van der Waals surface area contributed by atoms with Crippen molar-refractivity contribution in [3.8, 4) is 0 Å². The maximum absolute atomic E-state index is 13.6. The molecular weight excluding hydrogens is 450 g/mol. The van der Waals surface area contributed by atoms with Gasteiger partial charge in [-0.25, -0.2) is 8.42 Å². The molecule has 0 aromatic heterocycles. The Morgan fingerprint density at radius 1 is 1.06 bits per heavy atom. The summed E-state index contributed by atoms with van der Waals surface area (Å²) in [4.78, 5) is 28.2. The third-order valence-corrected chi connectivity index (χ3v) is 9.60. The average molecular weight is 492 g/mol. The first-order valence-corrected chi connectivity index (χ1v) is 14.2. The van der Waals surface area contributed by atoms with Crippen LogP contribution in [0.5, 0.6) is 0 Å². The Morgan fingerprint density at radius 3 is 2.38 bits per heavy atom. The molecule has 2 heterocycles. The molecule has 0 radical (unpaired) electrons. The first-order chi connectivity index (χ1) is 16.1. The lowest BCUT2D eigenvalue weighted by Gasteiger charge is -2.37. The maximum atomic E-state index is 13.6. The number of aryl methyl sites for hydroxylation is 1. The van der Waals surface area contributed by atoms with Gasteiger partial charge in [-0.05, 0) is 82.1 Å². The Kier molecular flexibility index (Phi) is 8.79. The summed E-state index contributed by atoms with van der Waals surface area (Å²) in [5.41, 5.74) is 1.86. The number of rotatable bonds is 7. The minimum atomic E-state index is -3.68. The fourth-order valence-corrected chi connectivity index (χ4v) is 6.68. The molecule has 2 aliphatic heterocycles. The molecule has 2 saturated heterocycles. The van der Waals surface area contributed by atoms with Crippen molar-refractivity contribution in [1.29, 1.82) is 0 Å². The molecule has 3 rings (SSSR count). The second-order valence-electron chi connectivity index (χ2n) is 10.2. The molecule has 1 N–H and O–H groups in total. The van der Waals surface area contributed by atoms with E-state index in [1.807, 2.05) is 20.8 Å². The highest BCUT2D eigenvalue weighted by atomic mass is 32.2. The van der Waals surface area contributed by atoms with Gasteiger partial charge in [-0.1, -0.05) is 20.3 Å². The van der Waals surface area contributed by atoms with Gasteiger partial charge in [0.05, 0.1) is 10.8 Å². The zero-order chi connectivity index (χ0) is 25.0. The van der Waals surface area contributed by atoms with Crippen LogP contribution in [0.4, 0.5) is 0 Å². The monoisotopic (exact) mass is 491 g/mol. The fourth-order valence-electron chi connectivity index (χ4n) is 4.89. The summed E-state index contributed by atoms with van der Waals surface area (Å²) in [7, 11) is -3.68. The number of benzene rings is 1. The van der Waals surface area contributed by atoms with E-state index in [0.29, 0.717) is 43.2 Å². The molecule has 0 aliphatic carbocycles. The summed E-state index contributed by atoms with van der Waals surface area (Å²) in [6.45, 7) is 11.9. The number of carbonyl (C=O) groups is 2. The van der Waals surface area contributed by atoms with Gasteiger partial charge in [0.25, 0.3) is 5.91 Å². The summed E-state index contributed by atoms with van der Waals surface area (Å²) < 4.78 is 28.6. The van der Waals surface area contributed by atoms with Crippen molar-refractivity contribution in [2.24, 2.45) is 11.8 Å². The molecule has 2 aliphatic rings. The SMILES string of the molecule is CCCCNC(=O)C1CCC(C)N(C(=O)c2cc(C)c(C)c(S(=O)(=O)N3CCC(C)CC3)c2)C1. The van der Waals surface area contributed by atoms with Crippen LogP contribution in [0.25, 0.3) is 0 Å². The molecule has 7 nitrogen and oxygen atoms in total. The molecule has 1 aromatic carbocycles. The van der Waals surface area contributed by atoms with Gasteiger partial charge in [-0.2, -0.15) is 4.31 Å². The minimum Gasteiger partial charge on any atom is -0.356 e. The van der Waals surface area contributed by atoms with E-state index in [-0.39, 0.29) is 28.7 Å². The highest BCUT2D eigenvalue weighted by molar-refractivity contribution is 7.89. The number of hydrogen-bond acceptors (Lipinski definition) is 4. The molecule has 0 spiro atoms. The molecule has 190 valence electrons. The maximum Gasteiger partial charge on any atom is 0.254 e. The van der Waals surface area contributed by atoms with Crippen molar-refractivity contribution in [2.75, 3.05) is 26.2 Å². The predicted molar refractivity (Wildman–Crippen MR) is 134 cm³/mol. The van der Waals surface area contributed by atoms with Gasteiger partial charge in [0.2, 0.25) is 15.9 Å². The van der Waals surface area contributed by atoms with Gasteiger partial charge < -0.3 is 10.2 Å². The molecule has 34 heavy (non-hydrogen) atoms. The molecule has 0 saturated carbocycles. The largest absolute Gasteiger partial charge is 0.356 e. The zero-order valence-corrected chi connectivity index (χ0v) is 22.2. The van der Waals surface area contributed by atoms with Gasteiger partial charge in [-0.15, -0.1) is 0 Å². The number of likely N-dealkylation sites (tertiary alicyclic amines) is 1. The average Bonchev–Trinajstić information content (AvgIpc) is 2.80. The van der Waals surface area contributed by atoms with Crippen LogP contribution in [-0.2, 0) is 14.8 Å². The van der Waals surface area contributed by atoms with Gasteiger partial charge in [0.1, 0.15) is 0 Å². The fraction of sp³-hybridized carbons (Fsp3) is 0.692. The Bertz CT molecular complexity index is 1000. The summed E-state index contributed by atoms with van der Waals surface area (Å²) >= 11 is 0. The number of piperidine rings is 2. The number of sulfonamides is 1. The van der Waals surface area contributed by atoms with Crippen molar-refractivity contribution >= 4 is 21.8 Å². The van der Waals surface area contributed by atoms with E-state index in [1.165, 1.54) is 0 Å². The Hall–Kier alpha value is -1.93. The first-order valence-electron chi connectivity index (χ1n) is 12.8. The number of nitrogens with zero attached hydrogens (tertiary/aromatic N) is 2. The van der Waals surface area contributed by atoms with Gasteiger partial charge in [0.15, 0.2) is 0 Å². The molecule has 0 bridgehead atoms. The Labute approximate surface area is 205 Å². The number of nitrogens with one attached hydrogen (secondary N) is 1. The molecular formula is C26H41N3O4S. The van der Waals surface area contributed by atoms with E-state index in [9.17, 15) is 18.0 Å². The quantitative estimate of drug-likeness (QED) is 0.587. The molecule has 2 amide bonds. The first kappa shape index (κ1) is 26.7.